The summed E-state index contributed by atoms with van der Waals surface area (Å²) in [5.74, 6) is -1.10. The van der Waals surface area contributed by atoms with Gasteiger partial charge >= 0.3 is 5.97 Å². The van der Waals surface area contributed by atoms with E-state index in [-0.39, 0.29) is 12.5 Å². The van der Waals surface area contributed by atoms with E-state index in [0.29, 0.717) is 28.6 Å². The first kappa shape index (κ1) is 15.9. The lowest BCUT2D eigenvalue weighted by Crippen LogP contribution is -2.34. The summed E-state index contributed by atoms with van der Waals surface area (Å²) < 4.78 is 0. The molecule has 1 aromatic rings. The molecule has 1 atom stereocenters. The van der Waals surface area contributed by atoms with E-state index in [1.807, 2.05) is 0 Å². The van der Waals surface area contributed by atoms with Crippen LogP contribution in [0.4, 0.5) is 0 Å². The zero-order chi connectivity index (χ0) is 15.6. The minimum atomic E-state index is -0.875. The Labute approximate surface area is 133 Å². The van der Waals surface area contributed by atoms with Gasteiger partial charge in [0.15, 0.2) is 0 Å². The number of nitrogens with zero attached hydrogens (tertiary/aromatic N) is 1. The Balaban J connectivity index is 2.07. The second-order valence-corrected chi connectivity index (χ2v) is 6.14. The van der Waals surface area contributed by atoms with Crippen LogP contribution in [0.25, 0.3) is 6.08 Å². The van der Waals surface area contributed by atoms with Crippen LogP contribution in [0.2, 0.25) is 10.0 Å². The SMILES string of the molecule is CC1(C(=O)O)CCN(C(=O)C=Cc2cccc(Cl)c2Cl)C1. The van der Waals surface area contributed by atoms with Crippen LogP contribution in [0, 0.1) is 5.41 Å². The van der Waals surface area contributed by atoms with E-state index < -0.39 is 11.4 Å². The molecule has 0 aromatic heterocycles. The lowest BCUT2D eigenvalue weighted by Gasteiger charge is -2.19. The Morgan fingerprint density at radius 1 is 1.38 bits per heavy atom. The van der Waals surface area contributed by atoms with E-state index in [0.717, 1.165) is 0 Å². The second kappa shape index (κ2) is 6.08. The first-order valence-electron chi connectivity index (χ1n) is 6.48. The Bertz CT molecular complexity index is 615. The average molecular weight is 328 g/mol. The number of carboxylic acids is 1. The normalized spacial score (nSPS) is 22.0. The third kappa shape index (κ3) is 3.39. The molecule has 1 aromatic carbocycles. The molecule has 0 spiro atoms. The van der Waals surface area contributed by atoms with Crippen molar-refractivity contribution >= 4 is 41.2 Å². The molecule has 6 heteroatoms. The molecule has 1 amide bonds. The van der Waals surface area contributed by atoms with E-state index in [1.165, 1.54) is 11.0 Å². The van der Waals surface area contributed by atoms with Crippen molar-refractivity contribution in [1.29, 1.82) is 0 Å². The fraction of sp³-hybridized carbons (Fsp3) is 0.333. The van der Waals surface area contributed by atoms with Crippen molar-refractivity contribution in [2.45, 2.75) is 13.3 Å². The standard InChI is InChI=1S/C15H15Cl2NO3/c1-15(14(20)21)7-8-18(9-15)12(19)6-5-10-3-2-4-11(16)13(10)17/h2-6H,7-9H2,1H3,(H,20,21). The minimum Gasteiger partial charge on any atom is -0.481 e. The number of hydrogen-bond acceptors (Lipinski definition) is 2. The zero-order valence-electron chi connectivity index (χ0n) is 11.5. The third-order valence-corrected chi connectivity index (χ3v) is 4.52. The third-order valence-electron chi connectivity index (χ3n) is 3.69. The first-order valence-corrected chi connectivity index (χ1v) is 7.23. The summed E-state index contributed by atoms with van der Waals surface area (Å²) in [6.07, 6.45) is 3.44. The summed E-state index contributed by atoms with van der Waals surface area (Å²) in [5, 5.41) is 9.97. The number of rotatable bonds is 3. The van der Waals surface area contributed by atoms with Crippen molar-refractivity contribution < 1.29 is 14.7 Å². The molecular formula is C15H15Cl2NO3. The molecule has 1 fully saturated rings. The van der Waals surface area contributed by atoms with Gasteiger partial charge in [-0.05, 0) is 31.1 Å². The first-order chi connectivity index (χ1) is 9.83. The van der Waals surface area contributed by atoms with Crippen molar-refractivity contribution in [3.63, 3.8) is 0 Å². The van der Waals surface area contributed by atoms with Gasteiger partial charge in [-0.15, -0.1) is 0 Å². The number of aliphatic carboxylic acids is 1. The highest BCUT2D eigenvalue weighted by Gasteiger charge is 2.41. The summed E-state index contributed by atoms with van der Waals surface area (Å²) in [6, 6.07) is 5.17. The molecule has 1 N–H and O–H groups in total. The maximum atomic E-state index is 12.1. The summed E-state index contributed by atoms with van der Waals surface area (Å²) in [6.45, 7) is 2.31. The molecule has 1 aliphatic heterocycles. The van der Waals surface area contributed by atoms with Crippen LogP contribution in [0.3, 0.4) is 0 Å². The van der Waals surface area contributed by atoms with Gasteiger partial charge in [-0.2, -0.15) is 0 Å². The number of benzene rings is 1. The predicted octanol–water partition coefficient (Wildman–Crippen LogP) is 3.33. The van der Waals surface area contributed by atoms with Crippen LogP contribution in [0.5, 0.6) is 0 Å². The molecule has 4 nitrogen and oxygen atoms in total. The van der Waals surface area contributed by atoms with E-state index in [9.17, 15) is 9.59 Å². The number of likely N-dealkylation sites (tertiary alicyclic amines) is 1. The smallest absolute Gasteiger partial charge is 0.311 e. The van der Waals surface area contributed by atoms with Gasteiger partial charge in [0.1, 0.15) is 0 Å². The average Bonchev–Trinajstić information content (AvgIpc) is 2.84. The highest BCUT2D eigenvalue weighted by molar-refractivity contribution is 6.42. The molecule has 112 valence electrons. The molecule has 21 heavy (non-hydrogen) atoms. The molecule has 1 heterocycles. The number of hydrogen-bond donors (Lipinski definition) is 1. The molecule has 1 aliphatic rings. The number of carbonyl (C=O) groups is 2. The molecule has 0 saturated carbocycles. The quantitative estimate of drug-likeness (QED) is 0.866. The van der Waals surface area contributed by atoms with Crippen LogP contribution in [-0.4, -0.2) is 35.0 Å². The maximum absolute atomic E-state index is 12.1. The van der Waals surface area contributed by atoms with E-state index in [1.54, 1.807) is 31.2 Å². The van der Waals surface area contributed by atoms with Gasteiger partial charge in [0.25, 0.3) is 0 Å². The monoisotopic (exact) mass is 327 g/mol. The lowest BCUT2D eigenvalue weighted by molar-refractivity contribution is -0.147. The Morgan fingerprint density at radius 3 is 2.71 bits per heavy atom. The molecule has 0 bridgehead atoms. The molecule has 0 aliphatic carbocycles. The van der Waals surface area contributed by atoms with Gasteiger partial charge in [0.2, 0.25) is 5.91 Å². The van der Waals surface area contributed by atoms with Gasteiger partial charge in [-0.3, -0.25) is 9.59 Å². The van der Waals surface area contributed by atoms with Gasteiger partial charge in [0, 0.05) is 19.2 Å². The van der Waals surface area contributed by atoms with Crippen molar-refractivity contribution in [3.05, 3.63) is 39.9 Å². The van der Waals surface area contributed by atoms with E-state index >= 15 is 0 Å². The van der Waals surface area contributed by atoms with Crippen LogP contribution in [0.1, 0.15) is 18.9 Å². The number of amides is 1. The largest absolute Gasteiger partial charge is 0.481 e. The molecular weight excluding hydrogens is 313 g/mol. The van der Waals surface area contributed by atoms with E-state index in [4.69, 9.17) is 28.3 Å². The molecule has 1 unspecified atom stereocenters. The van der Waals surface area contributed by atoms with Crippen molar-refractivity contribution in [3.8, 4) is 0 Å². The van der Waals surface area contributed by atoms with Gasteiger partial charge < -0.3 is 10.0 Å². The van der Waals surface area contributed by atoms with Crippen LogP contribution >= 0.6 is 23.2 Å². The molecule has 2 rings (SSSR count). The van der Waals surface area contributed by atoms with E-state index in [2.05, 4.69) is 0 Å². The maximum Gasteiger partial charge on any atom is 0.311 e. The topological polar surface area (TPSA) is 57.6 Å². The van der Waals surface area contributed by atoms with Crippen LogP contribution < -0.4 is 0 Å². The fourth-order valence-electron chi connectivity index (χ4n) is 2.24. The Hall–Kier alpha value is -1.52. The highest BCUT2D eigenvalue weighted by Crippen LogP contribution is 2.30. The van der Waals surface area contributed by atoms with Gasteiger partial charge in [-0.1, -0.05) is 35.3 Å². The Kier molecular flexibility index (Phi) is 4.59. The van der Waals surface area contributed by atoms with Crippen molar-refractivity contribution in [1.82, 2.24) is 4.90 Å². The number of halogens is 2. The predicted molar refractivity (Wildman–Crippen MR) is 82.4 cm³/mol. The molecule has 1 saturated heterocycles. The Morgan fingerprint density at radius 2 is 2.10 bits per heavy atom. The zero-order valence-corrected chi connectivity index (χ0v) is 13.0. The number of carbonyl (C=O) groups excluding carboxylic acids is 1. The van der Waals surface area contributed by atoms with Crippen molar-refractivity contribution in [2.24, 2.45) is 5.41 Å². The summed E-state index contributed by atoms with van der Waals surface area (Å²) in [5.41, 5.74) is -0.213. The van der Waals surface area contributed by atoms with Crippen molar-refractivity contribution in [2.75, 3.05) is 13.1 Å². The summed E-state index contributed by atoms with van der Waals surface area (Å²) in [7, 11) is 0. The van der Waals surface area contributed by atoms with Crippen LogP contribution in [0.15, 0.2) is 24.3 Å². The molecule has 0 radical (unpaired) electrons. The second-order valence-electron chi connectivity index (χ2n) is 5.35. The van der Waals surface area contributed by atoms with Gasteiger partial charge in [0.05, 0.1) is 15.5 Å². The lowest BCUT2D eigenvalue weighted by atomic mass is 9.90. The highest BCUT2D eigenvalue weighted by atomic mass is 35.5. The van der Waals surface area contributed by atoms with Gasteiger partial charge in [-0.25, -0.2) is 0 Å². The number of carboxylic acid groups (broad SMARTS) is 1. The summed E-state index contributed by atoms with van der Waals surface area (Å²) in [4.78, 5) is 24.8. The van der Waals surface area contributed by atoms with Crippen LogP contribution in [-0.2, 0) is 9.59 Å². The fourth-order valence-corrected chi connectivity index (χ4v) is 2.61. The summed E-state index contributed by atoms with van der Waals surface area (Å²) >= 11 is 11.9. The minimum absolute atomic E-state index is 0.217.